The van der Waals surface area contributed by atoms with E-state index in [0.29, 0.717) is 22.9 Å². The third kappa shape index (κ3) is 2.76. The predicted molar refractivity (Wildman–Crippen MR) is 83.2 cm³/mol. The summed E-state index contributed by atoms with van der Waals surface area (Å²) in [6.45, 7) is 0. The van der Waals surface area contributed by atoms with Crippen LogP contribution in [-0.2, 0) is 11.2 Å². The molecule has 3 N–H and O–H groups in total. The third-order valence-corrected chi connectivity index (χ3v) is 3.67. The number of fused-ring (bicyclic) bond motifs is 1. The summed E-state index contributed by atoms with van der Waals surface area (Å²) in [5.74, 6) is -0.285. The summed E-state index contributed by atoms with van der Waals surface area (Å²) in [6.07, 6.45) is -0.227. The topological polar surface area (TPSA) is 81.4 Å². The third-order valence-electron chi connectivity index (χ3n) is 3.44. The number of anilines is 1. The Bertz CT molecular complexity index is 761. The summed E-state index contributed by atoms with van der Waals surface area (Å²) < 4.78 is 5.61. The highest BCUT2D eigenvalue weighted by Crippen LogP contribution is 2.31. The summed E-state index contributed by atoms with van der Waals surface area (Å²) in [7, 11) is 0. The number of benzene rings is 2. The van der Waals surface area contributed by atoms with E-state index in [1.807, 2.05) is 0 Å². The molecule has 5 nitrogen and oxygen atoms in total. The smallest absolute Gasteiger partial charge is 0.265 e. The van der Waals surface area contributed by atoms with Crippen molar-refractivity contribution in [3.63, 3.8) is 0 Å². The van der Waals surface area contributed by atoms with E-state index in [2.05, 4.69) is 5.32 Å². The van der Waals surface area contributed by atoms with Crippen LogP contribution in [0.3, 0.4) is 0 Å². The molecule has 0 radical (unpaired) electrons. The zero-order chi connectivity index (χ0) is 15.7. The molecule has 0 aliphatic carbocycles. The van der Waals surface area contributed by atoms with E-state index in [1.165, 1.54) is 0 Å². The highest BCUT2D eigenvalue weighted by Gasteiger charge is 2.29. The van der Waals surface area contributed by atoms with Crippen molar-refractivity contribution in [2.75, 3.05) is 5.32 Å². The van der Waals surface area contributed by atoms with Crippen molar-refractivity contribution < 1.29 is 14.3 Å². The van der Waals surface area contributed by atoms with Crippen LogP contribution in [0.15, 0.2) is 42.5 Å². The first kappa shape index (κ1) is 14.4. The molecule has 0 bridgehead atoms. The molecule has 0 unspecified atom stereocenters. The maximum atomic E-state index is 12.3. The van der Waals surface area contributed by atoms with Gasteiger partial charge in [-0.05, 0) is 35.9 Å². The molecule has 22 heavy (non-hydrogen) atoms. The van der Waals surface area contributed by atoms with Gasteiger partial charge < -0.3 is 15.8 Å². The molecule has 2 amide bonds. The number of nitrogens with one attached hydrogen (secondary N) is 1. The number of carbonyl (C=O) groups excluding carboxylic acids is 2. The van der Waals surface area contributed by atoms with Gasteiger partial charge in [0.2, 0.25) is 0 Å². The number of hydrogen-bond donors (Lipinski definition) is 2. The predicted octanol–water partition coefficient (Wildman–Crippen LogP) is 2.38. The molecule has 1 heterocycles. The van der Waals surface area contributed by atoms with Crippen LogP contribution in [0.2, 0.25) is 5.02 Å². The molecule has 1 aliphatic rings. The maximum absolute atomic E-state index is 12.3. The van der Waals surface area contributed by atoms with E-state index in [4.69, 9.17) is 22.1 Å². The Hall–Kier alpha value is -2.53. The monoisotopic (exact) mass is 316 g/mol. The summed E-state index contributed by atoms with van der Waals surface area (Å²) in [6, 6.07) is 11.8. The fraction of sp³-hybridized carbons (Fsp3) is 0.125. The SMILES string of the molecule is NC(=O)c1ccccc1NC(=O)[C@@H]1Cc2cc(Cl)ccc2O1. The first-order valence-electron chi connectivity index (χ1n) is 6.69. The molecule has 6 heteroatoms. The lowest BCUT2D eigenvalue weighted by Gasteiger charge is -2.13. The molecule has 2 aromatic rings. The standard InChI is InChI=1S/C16H13ClN2O3/c17-10-5-6-13-9(7-10)8-14(22-13)16(21)19-12-4-2-1-3-11(12)15(18)20/h1-7,14H,8H2,(H2,18,20)(H,19,21)/t14-/m0/s1. The van der Waals surface area contributed by atoms with Crippen LogP contribution >= 0.6 is 11.6 Å². The van der Waals surface area contributed by atoms with E-state index >= 15 is 0 Å². The average Bonchev–Trinajstić information content (AvgIpc) is 2.90. The molecule has 0 fully saturated rings. The number of nitrogens with two attached hydrogens (primary N) is 1. The molecule has 2 aromatic carbocycles. The second kappa shape index (κ2) is 5.69. The van der Waals surface area contributed by atoms with E-state index in [9.17, 15) is 9.59 Å². The van der Waals surface area contributed by atoms with Gasteiger partial charge in [0.05, 0.1) is 11.3 Å². The fourth-order valence-electron chi connectivity index (χ4n) is 2.38. The van der Waals surface area contributed by atoms with Crippen molar-refractivity contribution in [1.82, 2.24) is 0 Å². The second-order valence-corrected chi connectivity index (χ2v) is 5.40. The van der Waals surface area contributed by atoms with E-state index < -0.39 is 12.0 Å². The minimum absolute atomic E-state index is 0.259. The Morgan fingerprint density at radius 1 is 1.23 bits per heavy atom. The number of para-hydroxylation sites is 1. The van der Waals surface area contributed by atoms with Gasteiger partial charge in [0.25, 0.3) is 11.8 Å². The number of ether oxygens (including phenoxy) is 1. The van der Waals surface area contributed by atoms with Crippen LogP contribution in [0.4, 0.5) is 5.69 Å². The summed E-state index contributed by atoms with van der Waals surface area (Å²) in [5, 5.41) is 3.29. The number of rotatable bonds is 3. The van der Waals surface area contributed by atoms with Gasteiger partial charge in [-0.15, -0.1) is 0 Å². The molecule has 0 spiro atoms. The molecule has 0 saturated heterocycles. The fourth-order valence-corrected chi connectivity index (χ4v) is 2.58. The van der Waals surface area contributed by atoms with Crippen molar-refractivity contribution in [3.8, 4) is 5.75 Å². The lowest BCUT2D eigenvalue weighted by molar-refractivity contribution is -0.122. The second-order valence-electron chi connectivity index (χ2n) is 4.96. The van der Waals surface area contributed by atoms with Crippen molar-refractivity contribution in [2.24, 2.45) is 5.73 Å². The highest BCUT2D eigenvalue weighted by atomic mass is 35.5. The van der Waals surface area contributed by atoms with Gasteiger partial charge in [0, 0.05) is 11.4 Å². The first-order chi connectivity index (χ1) is 10.5. The Morgan fingerprint density at radius 3 is 2.77 bits per heavy atom. The van der Waals surface area contributed by atoms with Crippen LogP contribution in [0.1, 0.15) is 15.9 Å². The van der Waals surface area contributed by atoms with Crippen molar-refractivity contribution in [2.45, 2.75) is 12.5 Å². The van der Waals surface area contributed by atoms with Gasteiger partial charge in [-0.1, -0.05) is 23.7 Å². The molecule has 1 atom stereocenters. The molecule has 112 valence electrons. The van der Waals surface area contributed by atoms with E-state index in [-0.39, 0.29) is 11.5 Å². The molecule has 3 rings (SSSR count). The van der Waals surface area contributed by atoms with Crippen LogP contribution in [-0.4, -0.2) is 17.9 Å². The minimum atomic E-state index is -0.658. The van der Waals surface area contributed by atoms with Gasteiger partial charge in [0.1, 0.15) is 5.75 Å². The van der Waals surface area contributed by atoms with Gasteiger partial charge in [0.15, 0.2) is 6.10 Å². The van der Waals surface area contributed by atoms with Crippen LogP contribution < -0.4 is 15.8 Å². The molecule has 0 saturated carbocycles. The van der Waals surface area contributed by atoms with Gasteiger partial charge in [-0.25, -0.2) is 0 Å². The molecular formula is C16H13ClN2O3. The maximum Gasteiger partial charge on any atom is 0.265 e. The number of hydrogen-bond acceptors (Lipinski definition) is 3. The van der Waals surface area contributed by atoms with Crippen LogP contribution in [0.25, 0.3) is 0 Å². The van der Waals surface area contributed by atoms with Gasteiger partial charge >= 0.3 is 0 Å². The van der Waals surface area contributed by atoms with Crippen LogP contribution in [0, 0.1) is 0 Å². The quantitative estimate of drug-likeness (QED) is 0.912. The summed E-state index contributed by atoms with van der Waals surface area (Å²) in [4.78, 5) is 23.7. The Kier molecular flexibility index (Phi) is 3.73. The number of halogens is 1. The first-order valence-corrected chi connectivity index (χ1v) is 7.07. The lowest BCUT2D eigenvalue weighted by atomic mass is 10.1. The summed E-state index contributed by atoms with van der Waals surface area (Å²) in [5.41, 5.74) is 6.81. The van der Waals surface area contributed by atoms with Gasteiger partial charge in [-0.3, -0.25) is 9.59 Å². The number of carbonyl (C=O) groups is 2. The number of primary amides is 1. The highest BCUT2D eigenvalue weighted by molar-refractivity contribution is 6.30. The number of amides is 2. The van der Waals surface area contributed by atoms with Crippen molar-refractivity contribution in [1.29, 1.82) is 0 Å². The van der Waals surface area contributed by atoms with E-state index in [1.54, 1.807) is 42.5 Å². The van der Waals surface area contributed by atoms with Crippen LogP contribution in [0.5, 0.6) is 5.75 Å². The van der Waals surface area contributed by atoms with Crippen molar-refractivity contribution in [3.05, 3.63) is 58.6 Å². The Labute approximate surface area is 132 Å². The summed E-state index contributed by atoms with van der Waals surface area (Å²) >= 11 is 5.93. The largest absolute Gasteiger partial charge is 0.480 e. The minimum Gasteiger partial charge on any atom is -0.480 e. The normalized spacial score (nSPS) is 15.8. The Balaban J connectivity index is 1.76. The van der Waals surface area contributed by atoms with E-state index in [0.717, 1.165) is 5.56 Å². The van der Waals surface area contributed by atoms with Crippen molar-refractivity contribution >= 4 is 29.1 Å². The van der Waals surface area contributed by atoms with Gasteiger partial charge in [-0.2, -0.15) is 0 Å². The lowest BCUT2D eigenvalue weighted by Crippen LogP contribution is -2.32. The zero-order valence-electron chi connectivity index (χ0n) is 11.5. The zero-order valence-corrected chi connectivity index (χ0v) is 12.3. The average molecular weight is 317 g/mol. The molecule has 0 aromatic heterocycles. The molecular weight excluding hydrogens is 304 g/mol. The molecule has 1 aliphatic heterocycles. The Morgan fingerprint density at radius 2 is 2.00 bits per heavy atom.